The second-order valence-electron chi connectivity index (χ2n) is 3.23. The normalized spacial score (nSPS) is 10.2. The fraction of sp³-hybridized carbons (Fsp3) is 0.182. The number of nitrogens with zero attached hydrogens (tertiary/aromatic N) is 2. The predicted molar refractivity (Wildman–Crippen MR) is 52.4 cm³/mol. The average Bonchev–Trinajstić information content (AvgIpc) is 2.43. The van der Waals surface area contributed by atoms with E-state index in [0.717, 1.165) is 22.0 Å². The highest BCUT2D eigenvalue weighted by Crippen LogP contribution is 2.22. The third kappa shape index (κ3) is 1.01. The first kappa shape index (κ1) is 7.88. The maximum Gasteiger partial charge on any atom is 0.0998 e. The molecule has 0 unspecified atom stereocenters. The van der Waals surface area contributed by atoms with Crippen molar-refractivity contribution in [3.8, 4) is 6.07 Å². The third-order valence-electron chi connectivity index (χ3n) is 2.32. The number of hydrogen-bond acceptors (Lipinski definition) is 1. The molecule has 0 aliphatic carbocycles. The molecule has 64 valence electrons. The highest BCUT2D eigenvalue weighted by Gasteiger charge is 2.06. The van der Waals surface area contributed by atoms with E-state index in [-0.39, 0.29) is 0 Å². The molecule has 0 aliphatic rings. The largest absolute Gasteiger partial charge is 0.350 e. The van der Waals surface area contributed by atoms with Crippen LogP contribution in [0.5, 0.6) is 0 Å². The summed E-state index contributed by atoms with van der Waals surface area (Å²) in [5.41, 5.74) is 3.04. The van der Waals surface area contributed by atoms with Crippen molar-refractivity contribution in [2.24, 2.45) is 7.05 Å². The molecule has 0 atom stereocenters. The van der Waals surface area contributed by atoms with Gasteiger partial charge in [-0.15, -0.1) is 0 Å². The predicted octanol–water partition coefficient (Wildman–Crippen LogP) is 2.36. The van der Waals surface area contributed by atoms with Gasteiger partial charge in [0.05, 0.1) is 11.6 Å². The minimum Gasteiger partial charge on any atom is -0.350 e. The van der Waals surface area contributed by atoms with E-state index in [1.165, 1.54) is 0 Å². The first-order valence-electron chi connectivity index (χ1n) is 4.19. The van der Waals surface area contributed by atoms with Crippen molar-refractivity contribution >= 4 is 10.9 Å². The minimum atomic E-state index is 0.760. The highest BCUT2D eigenvalue weighted by atomic mass is 14.9. The van der Waals surface area contributed by atoms with Gasteiger partial charge in [-0.05, 0) is 24.6 Å². The van der Waals surface area contributed by atoms with Gasteiger partial charge in [-0.2, -0.15) is 5.26 Å². The average molecular weight is 170 g/mol. The zero-order valence-electron chi connectivity index (χ0n) is 7.70. The van der Waals surface area contributed by atoms with Crippen molar-refractivity contribution in [1.29, 1.82) is 5.26 Å². The Bertz CT molecular complexity index is 501. The van der Waals surface area contributed by atoms with Gasteiger partial charge in [0.25, 0.3) is 0 Å². The summed E-state index contributed by atoms with van der Waals surface area (Å²) in [6, 6.07) is 8.02. The van der Waals surface area contributed by atoms with E-state index in [4.69, 9.17) is 5.26 Å². The van der Waals surface area contributed by atoms with Crippen molar-refractivity contribution in [3.05, 3.63) is 35.5 Å². The Labute approximate surface area is 77.0 Å². The zero-order valence-corrected chi connectivity index (χ0v) is 7.70. The summed E-state index contributed by atoms with van der Waals surface area (Å²) in [5, 5.41) is 9.99. The quantitative estimate of drug-likeness (QED) is 0.596. The van der Waals surface area contributed by atoms with Crippen LogP contribution >= 0.6 is 0 Å². The van der Waals surface area contributed by atoms with Crippen LogP contribution in [0.2, 0.25) is 0 Å². The molecule has 0 amide bonds. The summed E-state index contributed by atoms with van der Waals surface area (Å²) in [7, 11) is 2.00. The molecule has 0 radical (unpaired) electrons. The first-order chi connectivity index (χ1) is 6.24. The van der Waals surface area contributed by atoms with Crippen LogP contribution in [0.4, 0.5) is 0 Å². The maximum absolute atomic E-state index is 8.91. The Hall–Kier alpha value is -1.75. The number of nitriles is 1. The van der Waals surface area contributed by atoms with Gasteiger partial charge < -0.3 is 4.57 Å². The van der Waals surface area contributed by atoms with Crippen LogP contribution in [0, 0.1) is 18.3 Å². The summed E-state index contributed by atoms with van der Waals surface area (Å²) in [6.07, 6.45) is 2.05. The van der Waals surface area contributed by atoms with E-state index in [0.29, 0.717) is 0 Å². The topological polar surface area (TPSA) is 28.7 Å². The van der Waals surface area contributed by atoms with E-state index in [9.17, 15) is 0 Å². The fourth-order valence-electron chi connectivity index (χ4n) is 1.77. The molecule has 1 aromatic heterocycles. The van der Waals surface area contributed by atoms with Crippen molar-refractivity contribution in [1.82, 2.24) is 4.57 Å². The van der Waals surface area contributed by atoms with E-state index < -0.39 is 0 Å². The lowest BCUT2D eigenvalue weighted by Gasteiger charge is -1.96. The summed E-state index contributed by atoms with van der Waals surface area (Å²) < 4.78 is 2.05. The minimum absolute atomic E-state index is 0.760. The molecule has 1 aromatic carbocycles. The van der Waals surface area contributed by atoms with Crippen LogP contribution in [0.15, 0.2) is 24.4 Å². The van der Waals surface area contributed by atoms with Crippen molar-refractivity contribution in [3.63, 3.8) is 0 Å². The van der Waals surface area contributed by atoms with Gasteiger partial charge >= 0.3 is 0 Å². The van der Waals surface area contributed by atoms with Gasteiger partial charge in [-0.25, -0.2) is 0 Å². The SMILES string of the molecule is Cc1cn(C)c2cccc(C#N)c12. The molecule has 2 rings (SSSR count). The molecular weight excluding hydrogens is 160 g/mol. The molecule has 0 N–H and O–H groups in total. The maximum atomic E-state index is 8.91. The summed E-state index contributed by atoms with van der Waals surface area (Å²) in [4.78, 5) is 0. The van der Waals surface area contributed by atoms with Crippen LogP contribution in [0.1, 0.15) is 11.1 Å². The molecular formula is C11H10N2. The Morgan fingerprint density at radius 3 is 2.85 bits per heavy atom. The number of aromatic nitrogens is 1. The molecule has 0 aliphatic heterocycles. The van der Waals surface area contributed by atoms with Gasteiger partial charge in [-0.1, -0.05) is 6.07 Å². The Kier molecular flexibility index (Phi) is 1.60. The van der Waals surface area contributed by atoms with Gasteiger partial charge in [0.1, 0.15) is 0 Å². The molecule has 0 spiro atoms. The number of fused-ring (bicyclic) bond motifs is 1. The number of benzene rings is 1. The number of aryl methyl sites for hydroxylation is 2. The monoisotopic (exact) mass is 170 g/mol. The lowest BCUT2D eigenvalue weighted by atomic mass is 10.1. The van der Waals surface area contributed by atoms with E-state index >= 15 is 0 Å². The van der Waals surface area contributed by atoms with E-state index in [1.807, 2.05) is 42.9 Å². The summed E-state index contributed by atoms with van der Waals surface area (Å²) in [5.74, 6) is 0. The highest BCUT2D eigenvalue weighted by molar-refractivity contribution is 5.89. The van der Waals surface area contributed by atoms with E-state index in [1.54, 1.807) is 0 Å². The molecule has 2 aromatic rings. The van der Waals surface area contributed by atoms with Crippen molar-refractivity contribution in [2.75, 3.05) is 0 Å². The molecule has 0 bridgehead atoms. The molecule has 2 heteroatoms. The molecule has 0 saturated heterocycles. The molecule has 13 heavy (non-hydrogen) atoms. The Balaban J connectivity index is 2.99. The second kappa shape index (κ2) is 2.63. The lowest BCUT2D eigenvalue weighted by Crippen LogP contribution is -1.83. The summed E-state index contributed by atoms with van der Waals surface area (Å²) >= 11 is 0. The number of hydrogen-bond donors (Lipinski definition) is 0. The lowest BCUT2D eigenvalue weighted by molar-refractivity contribution is 0.964. The van der Waals surface area contributed by atoms with Gasteiger partial charge in [-0.3, -0.25) is 0 Å². The van der Waals surface area contributed by atoms with Crippen LogP contribution in [0.3, 0.4) is 0 Å². The van der Waals surface area contributed by atoms with E-state index in [2.05, 4.69) is 6.07 Å². The smallest absolute Gasteiger partial charge is 0.0998 e. The van der Waals surface area contributed by atoms with Gasteiger partial charge in [0.2, 0.25) is 0 Å². The van der Waals surface area contributed by atoms with Crippen LogP contribution < -0.4 is 0 Å². The summed E-state index contributed by atoms with van der Waals surface area (Å²) in [6.45, 7) is 2.03. The third-order valence-corrected chi connectivity index (χ3v) is 2.32. The Morgan fingerprint density at radius 2 is 2.15 bits per heavy atom. The standard InChI is InChI=1S/C11H10N2/c1-8-7-13(2)10-5-3-4-9(6-12)11(8)10/h3-5,7H,1-2H3. The molecule has 0 saturated carbocycles. The fourth-order valence-corrected chi connectivity index (χ4v) is 1.77. The molecule has 1 heterocycles. The second-order valence-corrected chi connectivity index (χ2v) is 3.23. The number of rotatable bonds is 0. The van der Waals surface area contributed by atoms with Gasteiger partial charge in [0, 0.05) is 24.1 Å². The zero-order chi connectivity index (χ0) is 9.42. The molecule has 2 nitrogen and oxygen atoms in total. The Morgan fingerprint density at radius 1 is 1.38 bits per heavy atom. The van der Waals surface area contributed by atoms with Gasteiger partial charge in [0.15, 0.2) is 0 Å². The van der Waals surface area contributed by atoms with Crippen LogP contribution in [-0.4, -0.2) is 4.57 Å². The van der Waals surface area contributed by atoms with Crippen molar-refractivity contribution in [2.45, 2.75) is 6.92 Å². The first-order valence-corrected chi connectivity index (χ1v) is 4.19. The van der Waals surface area contributed by atoms with Crippen LogP contribution in [0.25, 0.3) is 10.9 Å². The molecule has 0 fully saturated rings. The van der Waals surface area contributed by atoms with Crippen LogP contribution in [-0.2, 0) is 7.05 Å². The van der Waals surface area contributed by atoms with Crippen molar-refractivity contribution < 1.29 is 0 Å².